The molecule has 7 nitrogen and oxygen atoms in total. The van der Waals surface area contributed by atoms with Gasteiger partial charge in [-0.15, -0.1) is 0 Å². The van der Waals surface area contributed by atoms with Gasteiger partial charge in [0.2, 0.25) is 11.8 Å². The van der Waals surface area contributed by atoms with E-state index in [1.807, 2.05) is 0 Å². The molecule has 0 radical (unpaired) electrons. The Morgan fingerprint density at radius 3 is 2.44 bits per heavy atom. The van der Waals surface area contributed by atoms with Gasteiger partial charge in [-0.3, -0.25) is 9.59 Å². The maximum Gasteiger partial charge on any atom is 0.316 e. The number of amides is 4. The average molecular weight is 374 g/mol. The largest absolute Gasteiger partial charge is 0.351 e. The molecule has 1 saturated heterocycles. The van der Waals surface area contributed by atoms with E-state index >= 15 is 0 Å². The zero-order chi connectivity index (χ0) is 19.6. The third-order valence-corrected chi connectivity index (χ3v) is 4.09. The quantitative estimate of drug-likeness (QED) is 0.766. The van der Waals surface area contributed by atoms with Gasteiger partial charge in [0.1, 0.15) is 11.6 Å². The van der Waals surface area contributed by atoms with Gasteiger partial charge in [0.05, 0.1) is 11.6 Å². The van der Waals surface area contributed by atoms with Gasteiger partial charge in [-0.2, -0.15) is 0 Å². The summed E-state index contributed by atoms with van der Waals surface area (Å²) < 4.78 is 27.0. The number of hydrogen-bond donors (Lipinski definition) is 3. The van der Waals surface area contributed by atoms with E-state index in [1.54, 1.807) is 18.2 Å². The van der Waals surface area contributed by atoms with Crippen molar-refractivity contribution in [1.29, 1.82) is 0 Å². The first-order valence-corrected chi connectivity index (χ1v) is 8.06. The van der Waals surface area contributed by atoms with Gasteiger partial charge in [0.25, 0.3) is 0 Å². The summed E-state index contributed by atoms with van der Waals surface area (Å²) >= 11 is 0. The summed E-state index contributed by atoms with van der Waals surface area (Å²) in [6.07, 6.45) is -0.0954. The number of anilines is 3. The van der Waals surface area contributed by atoms with Crippen LogP contribution in [-0.4, -0.2) is 24.4 Å². The van der Waals surface area contributed by atoms with E-state index in [2.05, 4.69) is 10.6 Å². The first-order valence-electron chi connectivity index (χ1n) is 8.06. The minimum atomic E-state index is -0.866. The number of primary amides is 1. The van der Waals surface area contributed by atoms with Crippen molar-refractivity contribution in [3.8, 4) is 0 Å². The number of carbonyl (C=O) groups is 3. The number of benzene rings is 2. The van der Waals surface area contributed by atoms with Gasteiger partial charge in [-0.1, -0.05) is 6.07 Å². The minimum absolute atomic E-state index is 0.0214. The lowest BCUT2D eigenvalue weighted by atomic mass is 10.1. The maximum atomic E-state index is 13.9. The molecule has 0 saturated carbocycles. The van der Waals surface area contributed by atoms with Crippen LogP contribution in [-0.2, 0) is 9.59 Å². The van der Waals surface area contributed by atoms with Crippen LogP contribution in [0, 0.1) is 17.6 Å². The van der Waals surface area contributed by atoms with Crippen molar-refractivity contribution in [2.45, 2.75) is 6.42 Å². The first-order chi connectivity index (χ1) is 12.8. The molecule has 1 aliphatic rings. The number of nitrogens with two attached hydrogens (primary N) is 1. The molecule has 1 aliphatic heterocycles. The van der Waals surface area contributed by atoms with E-state index in [9.17, 15) is 23.2 Å². The predicted molar refractivity (Wildman–Crippen MR) is 95.1 cm³/mol. The molecule has 0 aliphatic carbocycles. The maximum absolute atomic E-state index is 13.9. The number of hydrogen-bond acceptors (Lipinski definition) is 3. The van der Waals surface area contributed by atoms with Crippen LogP contribution >= 0.6 is 0 Å². The van der Waals surface area contributed by atoms with Crippen molar-refractivity contribution >= 4 is 34.9 Å². The van der Waals surface area contributed by atoms with E-state index in [0.717, 1.165) is 11.0 Å². The van der Waals surface area contributed by atoms with Gasteiger partial charge < -0.3 is 21.3 Å². The second-order valence-electron chi connectivity index (χ2n) is 6.06. The van der Waals surface area contributed by atoms with Crippen LogP contribution in [0.2, 0.25) is 0 Å². The van der Waals surface area contributed by atoms with E-state index in [0.29, 0.717) is 17.4 Å². The summed E-state index contributed by atoms with van der Waals surface area (Å²) in [6, 6.07) is 8.50. The van der Waals surface area contributed by atoms with Gasteiger partial charge in [-0.25, -0.2) is 13.6 Å². The Morgan fingerprint density at radius 2 is 1.78 bits per heavy atom. The predicted octanol–water partition coefficient (Wildman–Crippen LogP) is 2.45. The van der Waals surface area contributed by atoms with Crippen LogP contribution in [0.4, 0.5) is 30.6 Å². The Labute approximate surface area is 153 Å². The zero-order valence-electron chi connectivity index (χ0n) is 14.0. The van der Waals surface area contributed by atoms with E-state index in [1.165, 1.54) is 12.1 Å². The summed E-state index contributed by atoms with van der Waals surface area (Å²) in [5.74, 6) is -3.17. The highest BCUT2D eigenvalue weighted by Crippen LogP contribution is 2.28. The Kier molecular flexibility index (Phi) is 5.02. The topological polar surface area (TPSA) is 105 Å². The van der Waals surface area contributed by atoms with Crippen LogP contribution < -0.4 is 21.3 Å². The SMILES string of the molecule is NC(=O)Nc1cccc(NC(=O)C2CC(=O)N(c3ccc(F)cc3F)C2)c1. The smallest absolute Gasteiger partial charge is 0.316 e. The zero-order valence-corrected chi connectivity index (χ0v) is 14.0. The van der Waals surface area contributed by atoms with Gasteiger partial charge in [-0.05, 0) is 30.3 Å². The highest BCUT2D eigenvalue weighted by Gasteiger charge is 2.36. The van der Waals surface area contributed by atoms with Crippen LogP contribution in [0.25, 0.3) is 0 Å². The third-order valence-electron chi connectivity index (χ3n) is 4.09. The third kappa shape index (κ3) is 4.20. The van der Waals surface area contributed by atoms with Gasteiger partial charge in [0, 0.05) is 30.4 Å². The molecule has 1 unspecified atom stereocenters. The molecule has 9 heteroatoms. The van der Waals surface area contributed by atoms with Gasteiger partial charge in [0.15, 0.2) is 0 Å². The monoisotopic (exact) mass is 374 g/mol. The number of urea groups is 1. The highest BCUT2D eigenvalue weighted by molar-refractivity contribution is 6.03. The summed E-state index contributed by atoms with van der Waals surface area (Å²) in [7, 11) is 0. The second kappa shape index (κ2) is 7.40. The number of rotatable bonds is 4. The Morgan fingerprint density at radius 1 is 1.07 bits per heavy atom. The number of nitrogens with zero attached hydrogens (tertiary/aromatic N) is 1. The summed E-state index contributed by atoms with van der Waals surface area (Å²) in [4.78, 5) is 36.7. The molecule has 2 aromatic carbocycles. The molecule has 140 valence electrons. The average Bonchev–Trinajstić information content (AvgIpc) is 2.96. The fourth-order valence-electron chi connectivity index (χ4n) is 2.88. The fourth-order valence-corrected chi connectivity index (χ4v) is 2.88. The molecule has 1 fully saturated rings. The lowest BCUT2D eigenvalue weighted by Crippen LogP contribution is -2.28. The number of halogens is 2. The number of carbonyl (C=O) groups excluding carboxylic acids is 3. The Balaban J connectivity index is 1.70. The lowest BCUT2D eigenvalue weighted by molar-refractivity contribution is -0.122. The van der Waals surface area contributed by atoms with Crippen LogP contribution in [0.15, 0.2) is 42.5 Å². The van der Waals surface area contributed by atoms with E-state index < -0.39 is 35.4 Å². The molecule has 0 aromatic heterocycles. The summed E-state index contributed by atoms with van der Waals surface area (Å²) in [5.41, 5.74) is 5.79. The van der Waals surface area contributed by atoms with Gasteiger partial charge >= 0.3 is 6.03 Å². The van der Waals surface area contributed by atoms with Crippen molar-refractivity contribution in [2.24, 2.45) is 11.7 Å². The fraction of sp³-hybridized carbons (Fsp3) is 0.167. The Bertz CT molecular complexity index is 919. The second-order valence-corrected chi connectivity index (χ2v) is 6.06. The number of nitrogens with one attached hydrogen (secondary N) is 2. The molecule has 1 atom stereocenters. The minimum Gasteiger partial charge on any atom is -0.351 e. The normalized spacial score (nSPS) is 16.3. The molecule has 2 aromatic rings. The molecule has 0 bridgehead atoms. The molecule has 27 heavy (non-hydrogen) atoms. The molecule has 4 amide bonds. The Hall–Kier alpha value is -3.49. The molecule has 1 heterocycles. The van der Waals surface area contributed by atoms with Crippen molar-refractivity contribution in [3.63, 3.8) is 0 Å². The summed E-state index contributed by atoms with van der Waals surface area (Å²) in [6.45, 7) is -0.0214. The molecule has 4 N–H and O–H groups in total. The molecular formula is C18H16F2N4O3. The van der Waals surface area contributed by atoms with E-state index in [-0.39, 0.29) is 18.7 Å². The van der Waals surface area contributed by atoms with E-state index in [4.69, 9.17) is 5.73 Å². The first kappa shape index (κ1) is 18.3. The standard InChI is InChI=1S/C18H16F2N4O3/c19-11-4-5-15(14(20)7-11)24-9-10(6-16(24)25)17(26)22-12-2-1-3-13(8-12)23-18(21)27/h1-5,7-8,10H,6,9H2,(H,22,26)(H3,21,23,27). The van der Waals surface area contributed by atoms with Crippen molar-refractivity contribution in [3.05, 3.63) is 54.1 Å². The molecule has 3 rings (SSSR count). The molecular weight excluding hydrogens is 358 g/mol. The van der Waals surface area contributed by atoms with Crippen molar-refractivity contribution < 1.29 is 23.2 Å². The van der Waals surface area contributed by atoms with Crippen molar-refractivity contribution in [1.82, 2.24) is 0 Å². The summed E-state index contributed by atoms with van der Waals surface area (Å²) in [5, 5.41) is 5.04. The van der Waals surface area contributed by atoms with Crippen molar-refractivity contribution in [2.75, 3.05) is 22.1 Å². The van der Waals surface area contributed by atoms with Crippen LogP contribution in [0.5, 0.6) is 0 Å². The lowest BCUT2D eigenvalue weighted by Gasteiger charge is -2.17. The molecule has 0 spiro atoms. The van der Waals surface area contributed by atoms with Crippen LogP contribution in [0.1, 0.15) is 6.42 Å². The highest BCUT2D eigenvalue weighted by atomic mass is 19.1. The van der Waals surface area contributed by atoms with Crippen LogP contribution in [0.3, 0.4) is 0 Å².